The zero-order valence-corrected chi connectivity index (χ0v) is 10.3. The third-order valence-electron chi connectivity index (χ3n) is 2.95. The summed E-state index contributed by atoms with van der Waals surface area (Å²) in [6, 6.07) is 6.11. The maximum atomic E-state index is 11.0. The Morgan fingerprint density at radius 2 is 2.06 bits per heavy atom. The second-order valence-corrected chi connectivity index (χ2v) is 4.06. The molecule has 88 valence electrons. The molecule has 1 aromatic heterocycles. The zero-order chi connectivity index (χ0) is 12.4. The molecule has 0 aliphatic carbocycles. The molecule has 0 aliphatic heterocycles. The summed E-state index contributed by atoms with van der Waals surface area (Å²) < 4.78 is 1.74. The first kappa shape index (κ1) is 11.5. The van der Waals surface area contributed by atoms with Gasteiger partial charge in [-0.1, -0.05) is 17.3 Å². The second kappa shape index (κ2) is 4.49. The highest BCUT2D eigenvalue weighted by Gasteiger charge is 2.13. The molecule has 0 N–H and O–H groups in total. The van der Waals surface area contributed by atoms with Crippen LogP contribution in [0.1, 0.15) is 28.5 Å². The van der Waals surface area contributed by atoms with Gasteiger partial charge in [0.2, 0.25) is 0 Å². The maximum absolute atomic E-state index is 11.0. The third kappa shape index (κ3) is 1.98. The Hall–Kier alpha value is -1.97. The van der Waals surface area contributed by atoms with Crippen LogP contribution in [0, 0.1) is 13.8 Å². The van der Waals surface area contributed by atoms with Gasteiger partial charge in [-0.15, -0.1) is 5.10 Å². The van der Waals surface area contributed by atoms with Gasteiger partial charge in [-0.3, -0.25) is 4.79 Å². The maximum Gasteiger partial charge on any atom is 0.172 e. The summed E-state index contributed by atoms with van der Waals surface area (Å²) in [4.78, 5) is 11.0. The number of carbonyl (C=O) groups excluding carboxylic acids is 1. The van der Waals surface area contributed by atoms with Gasteiger partial charge in [0.15, 0.2) is 12.0 Å². The van der Waals surface area contributed by atoms with Crippen LogP contribution in [-0.4, -0.2) is 21.3 Å². The second-order valence-electron chi connectivity index (χ2n) is 4.06. The normalized spacial score (nSPS) is 10.5. The van der Waals surface area contributed by atoms with Crippen molar-refractivity contribution in [3.05, 3.63) is 35.0 Å². The van der Waals surface area contributed by atoms with Crippen LogP contribution in [0.3, 0.4) is 0 Å². The van der Waals surface area contributed by atoms with Gasteiger partial charge in [-0.05, 0) is 38.0 Å². The standard InChI is InChI=1S/C13H15N3O/c1-4-16-13(12(8-17)14-15-16)11-6-5-9(2)10(3)7-11/h5-8H,4H2,1-3H3. The number of carbonyl (C=O) groups is 1. The highest BCUT2D eigenvalue weighted by Crippen LogP contribution is 2.23. The molecule has 1 aromatic carbocycles. The monoisotopic (exact) mass is 229 g/mol. The molecule has 0 amide bonds. The number of benzene rings is 1. The van der Waals surface area contributed by atoms with Gasteiger partial charge in [0.1, 0.15) is 0 Å². The minimum absolute atomic E-state index is 0.398. The Morgan fingerprint density at radius 1 is 1.29 bits per heavy atom. The average Bonchev–Trinajstić information content (AvgIpc) is 2.75. The lowest BCUT2D eigenvalue weighted by atomic mass is 10.0. The van der Waals surface area contributed by atoms with Gasteiger partial charge in [-0.25, -0.2) is 4.68 Å². The fourth-order valence-corrected chi connectivity index (χ4v) is 1.81. The van der Waals surface area contributed by atoms with E-state index in [4.69, 9.17) is 0 Å². The number of hydrogen-bond donors (Lipinski definition) is 0. The highest BCUT2D eigenvalue weighted by atomic mass is 16.1. The van der Waals surface area contributed by atoms with E-state index in [-0.39, 0.29) is 0 Å². The van der Waals surface area contributed by atoms with Crippen molar-refractivity contribution in [2.24, 2.45) is 0 Å². The smallest absolute Gasteiger partial charge is 0.172 e. The quantitative estimate of drug-likeness (QED) is 0.759. The van der Waals surface area contributed by atoms with E-state index in [1.807, 2.05) is 19.1 Å². The summed E-state index contributed by atoms with van der Waals surface area (Å²) in [5.74, 6) is 0. The third-order valence-corrected chi connectivity index (χ3v) is 2.95. The van der Waals surface area contributed by atoms with Gasteiger partial charge >= 0.3 is 0 Å². The van der Waals surface area contributed by atoms with Crippen molar-refractivity contribution in [2.45, 2.75) is 27.3 Å². The summed E-state index contributed by atoms with van der Waals surface area (Å²) in [5, 5.41) is 7.85. The van der Waals surface area contributed by atoms with E-state index in [1.54, 1.807) is 4.68 Å². The van der Waals surface area contributed by atoms with E-state index in [0.717, 1.165) is 17.5 Å². The minimum atomic E-state index is 0.398. The van der Waals surface area contributed by atoms with Crippen LogP contribution in [0.15, 0.2) is 18.2 Å². The molecule has 17 heavy (non-hydrogen) atoms. The first-order valence-electron chi connectivity index (χ1n) is 5.63. The molecule has 4 heteroatoms. The van der Waals surface area contributed by atoms with E-state index < -0.39 is 0 Å². The van der Waals surface area contributed by atoms with Crippen LogP contribution in [-0.2, 0) is 6.54 Å². The van der Waals surface area contributed by atoms with Gasteiger partial charge < -0.3 is 0 Å². The number of aromatic nitrogens is 3. The van der Waals surface area contributed by atoms with Crippen LogP contribution < -0.4 is 0 Å². The lowest BCUT2D eigenvalue weighted by Crippen LogP contribution is -2.00. The van der Waals surface area contributed by atoms with Crippen LogP contribution >= 0.6 is 0 Å². The number of rotatable bonds is 3. The average molecular weight is 229 g/mol. The number of aryl methyl sites for hydroxylation is 3. The molecule has 0 atom stereocenters. The SMILES string of the molecule is CCn1nnc(C=O)c1-c1ccc(C)c(C)c1. The van der Waals surface area contributed by atoms with Gasteiger partial charge in [0.25, 0.3) is 0 Å². The molecule has 0 bridgehead atoms. The Morgan fingerprint density at radius 3 is 2.65 bits per heavy atom. The Labute approximate surface area is 100 Å². The summed E-state index contributed by atoms with van der Waals surface area (Å²) >= 11 is 0. The summed E-state index contributed by atoms with van der Waals surface area (Å²) in [5.41, 5.74) is 4.61. The molecular weight excluding hydrogens is 214 g/mol. The van der Waals surface area contributed by atoms with Crippen molar-refractivity contribution < 1.29 is 4.79 Å². The lowest BCUT2D eigenvalue weighted by molar-refractivity contribution is 0.111. The molecule has 0 saturated heterocycles. The molecule has 0 saturated carbocycles. The van der Waals surface area contributed by atoms with E-state index >= 15 is 0 Å². The Bertz CT molecular complexity index is 558. The molecule has 0 aliphatic rings. The molecule has 0 fully saturated rings. The van der Waals surface area contributed by atoms with Crippen molar-refractivity contribution >= 4 is 6.29 Å². The van der Waals surface area contributed by atoms with Crippen molar-refractivity contribution in [3.63, 3.8) is 0 Å². The Kier molecular flexibility index (Phi) is 3.04. The van der Waals surface area contributed by atoms with Crippen molar-refractivity contribution in [1.29, 1.82) is 0 Å². The lowest BCUT2D eigenvalue weighted by Gasteiger charge is -2.07. The van der Waals surface area contributed by atoms with Crippen LogP contribution in [0.25, 0.3) is 11.3 Å². The molecule has 0 radical (unpaired) electrons. The van der Waals surface area contributed by atoms with E-state index in [0.29, 0.717) is 12.2 Å². The van der Waals surface area contributed by atoms with Crippen LogP contribution in [0.2, 0.25) is 0 Å². The number of aldehydes is 1. The molecule has 2 rings (SSSR count). The predicted molar refractivity (Wildman–Crippen MR) is 66.0 cm³/mol. The number of hydrogen-bond acceptors (Lipinski definition) is 3. The van der Waals surface area contributed by atoms with E-state index in [2.05, 4.69) is 30.2 Å². The van der Waals surface area contributed by atoms with Crippen molar-refractivity contribution in [1.82, 2.24) is 15.0 Å². The predicted octanol–water partition coefficient (Wildman–Crippen LogP) is 2.39. The molecule has 0 spiro atoms. The van der Waals surface area contributed by atoms with Crippen molar-refractivity contribution in [2.75, 3.05) is 0 Å². The van der Waals surface area contributed by atoms with E-state index in [9.17, 15) is 4.79 Å². The van der Waals surface area contributed by atoms with Gasteiger partial charge in [0.05, 0.1) is 5.69 Å². The molecule has 1 heterocycles. The topological polar surface area (TPSA) is 47.8 Å². The van der Waals surface area contributed by atoms with Crippen LogP contribution in [0.5, 0.6) is 0 Å². The summed E-state index contributed by atoms with van der Waals surface area (Å²) in [6.07, 6.45) is 0.754. The highest BCUT2D eigenvalue weighted by molar-refractivity contribution is 5.83. The zero-order valence-electron chi connectivity index (χ0n) is 10.3. The summed E-state index contributed by atoms with van der Waals surface area (Å²) in [6.45, 7) is 6.80. The fraction of sp³-hybridized carbons (Fsp3) is 0.308. The van der Waals surface area contributed by atoms with Gasteiger partial charge in [0, 0.05) is 12.1 Å². The van der Waals surface area contributed by atoms with Crippen molar-refractivity contribution in [3.8, 4) is 11.3 Å². The summed E-state index contributed by atoms with van der Waals surface area (Å²) in [7, 11) is 0. The first-order chi connectivity index (χ1) is 8.17. The van der Waals surface area contributed by atoms with Gasteiger partial charge in [-0.2, -0.15) is 0 Å². The Balaban J connectivity index is 2.62. The molecule has 2 aromatic rings. The van der Waals surface area contributed by atoms with E-state index in [1.165, 1.54) is 11.1 Å². The fourth-order valence-electron chi connectivity index (χ4n) is 1.81. The number of nitrogens with zero attached hydrogens (tertiary/aromatic N) is 3. The first-order valence-corrected chi connectivity index (χ1v) is 5.63. The molecule has 0 unspecified atom stereocenters. The van der Waals surface area contributed by atoms with Crippen LogP contribution in [0.4, 0.5) is 0 Å². The minimum Gasteiger partial charge on any atom is -0.296 e. The largest absolute Gasteiger partial charge is 0.296 e. The molecule has 4 nitrogen and oxygen atoms in total. The molecular formula is C13H15N3O.